The first-order valence-corrected chi connectivity index (χ1v) is 7.03. The van der Waals surface area contributed by atoms with E-state index in [1.165, 1.54) is 12.1 Å². The topological polar surface area (TPSA) is 30.5 Å². The van der Waals surface area contributed by atoms with E-state index in [9.17, 15) is 4.39 Å². The van der Waals surface area contributed by atoms with E-state index in [-0.39, 0.29) is 5.82 Å². The molecule has 21 heavy (non-hydrogen) atoms. The van der Waals surface area contributed by atoms with Crippen molar-refractivity contribution in [2.24, 2.45) is 0 Å². The first kappa shape index (κ1) is 15.3. The van der Waals surface area contributed by atoms with Gasteiger partial charge in [0.2, 0.25) is 0 Å². The number of benzene rings is 2. The van der Waals surface area contributed by atoms with Gasteiger partial charge in [0.25, 0.3) is 0 Å². The minimum atomic E-state index is -0.297. The summed E-state index contributed by atoms with van der Waals surface area (Å²) in [5.74, 6) is 1.60. The summed E-state index contributed by atoms with van der Waals surface area (Å²) >= 11 is 0. The van der Waals surface area contributed by atoms with E-state index >= 15 is 0 Å². The van der Waals surface area contributed by atoms with Gasteiger partial charge in [-0.25, -0.2) is 4.39 Å². The van der Waals surface area contributed by atoms with Gasteiger partial charge >= 0.3 is 0 Å². The summed E-state index contributed by atoms with van der Waals surface area (Å²) in [6.07, 6.45) is 1.05. The molecule has 0 saturated carbocycles. The zero-order valence-electron chi connectivity index (χ0n) is 12.4. The summed E-state index contributed by atoms with van der Waals surface area (Å²) in [6, 6.07) is 11.9. The molecule has 4 heteroatoms. The number of rotatable bonds is 7. The Morgan fingerprint density at radius 3 is 2.38 bits per heavy atom. The van der Waals surface area contributed by atoms with Crippen LogP contribution in [0.15, 0.2) is 42.5 Å². The number of nitrogens with one attached hydrogen (secondary N) is 1. The minimum Gasteiger partial charge on any atom is -0.497 e. The Bertz CT molecular complexity index is 570. The van der Waals surface area contributed by atoms with Gasteiger partial charge in [0.05, 0.1) is 7.11 Å². The number of methoxy groups -OCH3 is 1. The Morgan fingerprint density at radius 2 is 1.71 bits per heavy atom. The average Bonchev–Trinajstić information content (AvgIpc) is 2.48. The van der Waals surface area contributed by atoms with Gasteiger partial charge in [-0.15, -0.1) is 0 Å². The van der Waals surface area contributed by atoms with Crippen molar-refractivity contribution in [1.29, 1.82) is 0 Å². The van der Waals surface area contributed by atoms with Crippen molar-refractivity contribution in [2.75, 3.05) is 13.7 Å². The fourth-order valence-electron chi connectivity index (χ4n) is 1.97. The first-order chi connectivity index (χ1) is 10.2. The van der Waals surface area contributed by atoms with Crippen LogP contribution in [0.4, 0.5) is 4.39 Å². The zero-order chi connectivity index (χ0) is 15.1. The quantitative estimate of drug-likeness (QED) is 0.778. The van der Waals surface area contributed by atoms with Crippen molar-refractivity contribution in [2.45, 2.75) is 19.9 Å². The highest BCUT2D eigenvalue weighted by atomic mass is 19.1. The smallest absolute Gasteiger partial charge is 0.130 e. The maximum absolute atomic E-state index is 13.6. The summed E-state index contributed by atoms with van der Waals surface area (Å²) in [7, 11) is 1.61. The lowest BCUT2D eigenvalue weighted by Gasteiger charge is -2.09. The molecule has 0 unspecified atom stereocenters. The highest BCUT2D eigenvalue weighted by Gasteiger charge is 2.04. The van der Waals surface area contributed by atoms with Crippen LogP contribution in [-0.2, 0) is 6.54 Å². The van der Waals surface area contributed by atoms with Crippen molar-refractivity contribution in [1.82, 2.24) is 5.32 Å². The summed E-state index contributed by atoms with van der Waals surface area (Å²) < 4.78 is 24.4. The summed E-state index contributed by atoms with van der Waals surface area (Å²) in [6.45, 7) is 3.63. The first-order valence-electron chi connectivity index (χ1n) is 7.03. The second-order valence-electron chi connectivity index (χ2n) is 4.75. The van der Waals surface area contributed by atoms with E-state index in [0.717, 1.165) is 24.3 Å². The normalized spacial score (nSPS) is 10.4. The van der Waals surface area contributed by atoms with E-state index in [2.05, 4.69) is 12.2 Å². The predicted octanol–water partition coefficient (Wildman–Crippen LogP) is 4.13. The summed E-state index contributed by atoms with van der Waals surface area (Å²) in [4.78, 5) is 0. The molecule has 2 aromatic carbocycles. The third kappa shape index (κ3) is 4.76. The summed E-state index contributed by atoms with van der Waals surface area (Å²) in [5, 5.41) is 3.25. The molecule has 0 aliphatic rings. The van der Waals surface area contributed by atoms with Crippen molar-refractivity contribution in [3.05, 3.63) is 53.8 Å². The molecular weight excluding hydrogens is 269 g/mol. The van der Waals surface area contributed by atoms with Crippen LogP contribution in [-0.4, -0.2) is 13.7 Å². The lowest BCUT2D eigenvalue weighted by molar-refractivity contribution is 0.412. The van der Waals surface area contributed by atoms with Gasteiger partial charge in [-0.05, 0) is 54.9 Å². The monoisotopic (exact) mass is 289 g/mol. The molecule has 0 aromatic heterocycles. The van der Waals surface area contributed by atoms with Crippen LogP contribution in [0, 0.1) is 5.82 Å². The van der Waals surface area contributed by atoms with Crippen LogP contribution in [0.5, 0.6) is 17.2 Å². The van der Waals surface area contributed by atoms with Crippen LogP contribution in [0.2, 0.25) is 0 Å². The highest BCUT2D eigenvalue weighted by molar-refractivity contribution is 5.37. The molecule has 1 N–H and O–H groups in total. The predicted molar refractivity (Wildman–Crippen MR) is 81.5 cm³/mol. The SMILES string of the molecule is CCCNCc1cc(F)cc(Oc2ccc(OC)cc2)c1. The molecule has 0 saturated heterocycles. The second-order valence-corrected chi connectivity index (χ2v) is 4.75. The van der Waals surface area contributed by atoms with E-state index in [0.29, 0.717) is 18.0 Å². The fourth-order valence-corrected chi connectivity index (χ4v) is 1.97. The number of hydrogen-bond acceptors (Lipinski definition) is 3. The standard InChI is InChI=1S/C17H20FNO2/c1-3-8-19-12-13-9-14(18)11-17(10-13)21-16-6-4-15(20-2)5-7-16/h4-7,9-11,19H,3,8,12H2,1-2H3. The molecule has 0 bridgehead atoms. The van der Waals surface area contributed by atoms with Gasteiger partial charge in [-0.3, -0.25) is 0 Å². The molecule has 3 nitrogen and oxygen atoms in total. The molecule has 0 aliphatic heterocycles. The number of halogens is 1. The molecule has 0 amide bonds. The maximum atomic E-state index is 13.6. The Kier molecular flexibility index (Phi) is 5.58. The van der Waals surface area contributed by atoms with Gasteiger partial charge < -0.3 is 14.8 Å². The van der Waals surface area contributed by atoms with Crippen molar-refractivity contribution >= 4 is 0 Å². The van der Waals surface area contributed by atoms with Crippen molar-refractivity contribution in [3.63, 3.8) is 0 Å². The Morgan fingerprint density at radius 1 is 1.00 bits per heavy atom. The third-order valence-corrected chi connectivity index (χ3v) is 2.98. The van der Waals surface area contributed by atoms with Gasteiger partial charge in [-0.1, -0.05) is 6.92 Å². The van der Waals surface area contributed by atoms with Crippen LogP contribution in [0.25, 0.3) is 0 Å². The lowest BCUT2D eigenvalue weighted by atomic mass is 10.2. The summed E-state index contributed by atoms with van der Waals surface area (Å²) in [5.41, 5.74) is 0.868. The van der Waals surface area contributed by atoms with Crippen LogP contribution < -0.4 is 14.8 Å². The molecule has 2 aromatic rings. The van der Waals surface area contributed by atoms with Gasteiger partial charge in [0.1, 0.15) is 23.1 Å². The minimum absolute atomic E-state index is 0.297. The molecular formula is C17H20FNO2. The molecule has 0 heterocycles. The van der Waals surface area contributed by atoms with E-state index < -0.39 is 0 Å². The van der Waals surface area contributed by atoms with Crippen LogP contribution in [0.1, 0.15) is 18.9 Å². The molecule has 0 spiro atoms. The highest BCUT2D eigenvalue weighted by Crippen LogP contribution is 2.25. The Hall–Kier alpha value is -2.07. The number of hydrogen-bond donors (Lipinski definition) is 1. The van der Waals surface area contributed by atoms with Crippen LogP contribution in [0.3, 0.4) is 0 Å². The van der Waals surface area contributed by atoms with Gasteiger partial charge in [0, 0.05) is 12.6 Å². The molecule has 0 radical (unpaired) electrons. The molecule has 2 rings (SSSR count). The van der Waals surface area contributed by atoms with Crippen molar-refractivity contribution < 1.29 is 13.9 Å². The maximum Gasteiger partial charge on any atom is 0.130 e. The fraction of sp³-hybridized carbons (Fsp3) is 0.294. The Labute approximate surface area is 124 Å². The van der Waals surface area contributed by atoms with Crippen LogP contribution >= 0.6 is 0 Å². The lowest BCUT2D eigenvalue weighted by Crippen LogP contribution is -2.13. The third-order valence-electron chi connectivity index (χ3n) is 2.98. The van der Waals surface area contributed by atoms with E-state index in [1.807, 2.05) is 6.07 Å². The second kappa shape index (κ2) is 7.64. The zero-order valence-corrected chi connectivity index (χ0v) is 12.4. The average molecular weight is 289 g/mol. The molecule has 112 valence electrons. The molecule has 0 aliphatic carbocycles. The molecule has 0 atom stereocenters. The van der Waals surface area contributed by atoms with E-state index in [4.69, 9.17) is 9.47 Å². The Balaban J connectivity index is 2.07. The van der Waals surface area contributed by atoms with E-state index in [1.54, 1.807) is 31.4 Å². The number of ether oxygens (including phenoxy) is 2. The van der Waals surface area contributed by atoms with Gasteiger partial charge in [-0.2, -0.15) is 0 Å². The van der Waals surface area contributed by atoms with Gasteiger partial charge in [0.15, 0.2) is 0 Å². The largest absolute Gasteiger partial charge is 0.497 e. The molecule has 0 fully saturated rings. The van der Waals surface area contributed by atoms with Crippen molar-refractivity contribution in [3.8, 4) is 17.2 Å².